The Balaban J connectivity index is 2.58. The average molecular weight is 140 g/mol. The first kappa shape index (κ1) is 6.92. The number of ketones is 1. The first-order valence-electron chi connectivity index (χ1n) is 3.15. The van der Waals surface area contributed by atoms with E-state index in [2.05, 4.69) is 5.10 Å². The van der Waals surface area contributed by atoms with Crippen molar-refractivity contribution in [3.8, 4) is 0 Å². The molecule has 0 aliphatic carbocycles. The number of hydrogen-bond acceptors (Lipinski definition) is 3. The van der Waals surface area contributed by atoms with E-state index < -0.39 is 11.7 Å². The van der Waals surface area contributed by atoms with Crippen molar-refractivity contribution in [3.63, 3.8) is 0 Å². The van der Waals surface area contributed by atoms with Crippen LogP contribution in [0.4, 0.5) is 0 Å². The minimum atomic E-state index is -0.520. The summed E-state index contributed by atoms with van der Waals surface area (Å²) in [5.74, 6) is -1.03. The predicted molar refractivity (Wildman–Crippen MR) is 35.5 cm³/mol. The summed E-state index contributed by atoms with van der Waals surface area (Å²) in [4.78, 5) is 21.3. The summed E-state index contributed by atoms with van der Waals surface area (Å²) >= 11 is 0. The predicted octanol–water partition coefficient (Wildman–Crippen LogP) is -0.207. The molecule has 4 heteroatoms. The van der Waals surface area contributed by atoms with Gasteiger partial charge in [-0.15, -0.1) is 0 Å². The zero-order chi connectivity index (χ0) is 7.56. The summed E-state index contributed by atoms with van der Waals surface area (Å²) in [7, 11) is 0. The normalized spacial score (nSPS) is 17.1. The van der Waals surface area contributed by atoms with Crippen molar-refractivity contribution in [2.24, 2.45) is 5.10 Å². The van der Waals surface area contributed by atoms with E-state index >= 15 is 0 Å². The minimum Gasteiger partial charge on any atom is -0.282 e. The molecule has 0 aromatic heterocycles. The Morgan fingerprint density at radius 2 is 2.30 bits per heavy atom. The van der Waals surface area contributed by atoms with Gasteiger partial charge in [0.15, 0.2) is 0 Å². The van der Waals surface area contributed by atoms with Crippen LogP contribution in [0, 0.1) is 0 Å². The van der Waals surface area contributed by atoms with Crippen LogP contribution in [0.15, 0.2) is 5.10 Å². The molecule has 0 unspecified atom stereocenters. The van der Waals surface area contributed by atoms with Gasteiger partial charge in [-0.3, -0.25) is 9.59 Å². The molecule has 0 spiro atoms. The molecule has 1 heterocycles. The smallest absolute Gasteiger partial charge is 0.282 e. The van der Waals surface area contributed by atoms with Crippen LogP contribution < -0.4 is 0 Å². The van der Waals surface area contributed by atoms with Gasteiger partial charge in [0, 0.05) is 6.54 Å². The van der Waals surface area contributed by atoms with Crippen LogP contribution in [-0.4, -0.2) is 29.5 Å². The zero-order valence-corrected chi connectivity index (χ0v) is 5.70. The number of rotatable bonds is 2. The molecular formula is C6H8N2O2. The fourth-order valence-corrected chi connectivity index (χ4v) is 0.728. The SMILES string of the molecule is CCCN1N=CC(=O)C1=O. The van der Waals surface area contributed by atoms with Gasteiger partial charge in [-0.05, 0) is 6.42 Å². The Labute approximate surface area is 58.5 Å². The van der Waals surface area contributed by atoms with Crippen molar-refractivity contribution in [2.75, 3.05) is 6.54 Å². The summed E-state index contributed by atoms with van der Waals surface area (Å²) in [6, 6.07) is 0. The molecule has 0 fully saturated rings. The Kier molecular flexibility index (Phi) is 1.80. The van der Waals surface area contributed by atoms with Gasteiger partial charge in [-0.2, -0.15) is 5.10 Å². The van der Waals surface area contributed by atoms with Crippen LogP contribution in [0.1, 0.15) is 13.3 Å². The van der Waals surface area contributed by atoms with Crippen LogP contribution in [-0.2, 0) is 9.59 Å². The fraction of sp³-hybridized carbons (Fsp3) is 0.500. The Bertz CT molecular complexity index is 198. The molecule has 0 saturated heterocycles. The number of amides is 1. The second-order valence-corrected chi connectivity index (χ2v) is 2.04. The lowest BCUT2D eigenvalue weighted by atomic mass is 10.4. The Morgan fingerprint density at radius 3 is 2.70 bits per heavy atom. The third-order valence-corrected chi connectivity index (χ3v) is 1.20. The van der Waals surface area contributed by atoms with Gasteiger partial charge in [0.1, 0.15) is 6.21 Å². The van der Waals surface area contributed by atoms with Crippen LogP contribution in [0.25, 0.3) is 0 Å². The van der Waals surface area contributed by atoms with E-state index in [0.29, 0.717) is 6.54 Å². The van der Waals surface area contributed by atoms with E-state index in [9.17, 15) is 9.59 Å². The lowest BCUT2D eigenvalue weighted by Gasteiger charge is -2.06. The van der Waals surface area contributed by atoms with Crippen molar-refractivity contribution in [3.05, 3.63) is 0 Å². The van der Waals surface area contributed by atoms with Crippen LogP contribution in [0.2, 0.25) is 0 Å². The van der Waals surface area contributed by atoms with E-state index in [1.807, 2.05) is 6.92 Å². The van der Waals surface area contributed by atoms with Crippen LogP contribution >= 0.6 is 0 Å². The van der Waals surface area contributed by atoms with E-state index in [4.69, 9.17) is 0 Å². The molecule has 10 heavy (non-hydrogen) atoms. The van der Waals surface area contributed by atoms with E-state index in [0.717, 1.165) is 12.6 Å². The second kappa shape index (κ2) is 2.60. The van der Waals surface area contributed by atoms with Gasteiger partial charge in [-0.1, -0.05) is 6.92 Å². The lowest BCUT2D eigenvalue weighted by Crippen LogP contribution is -2.26. The van der Waals surface area contributed by atoms with E-state index in [1.54, 1.807) is 0 Å². The van der Waals surface area contributed by atoms with E-state index in [1.165, 1.54) is 5.01 Å². The monoisotopic (exact) mass is 140 g/mol. The maximum atomic E-state index is 10.7. The van der Waals surface area contributed by atoms with Gasteiger partial charge < -0.3 is 0 Å². The summed E-state index contributed by atoms with van der Waals surface area (Å²) in [5, 5.41) is 4.78. The van der Waals surface area contributed by atoms with Gasteiger partial charge in [0.05, 0.1) is 0 Å². The van der Waals surface area contributed by atoms with Crippen molar-refractivity contribution < 1.29 is 9.59 Å². The molecule has 0 aromatic rings. The highest BCUT2D eigenvalue weighted by Gasteiger charge is 2.24. The summed E-state index contributed by atoms with van der Waals surface area (Å²) in [6.07, 6.45) is 1.87. The number of Topliss-reactive ketones (excluding diaryl/α,β-unsaturated/α-hetero) is 1. The number of hydrogen-bond donors (Lipinski definition) is 0. The van der Waals surface area contributed by atoms with Gasteiger partial charge in [-0.25, -0.2) is 5.01 Å². The molecule has 0 saturated carbocycles. The lowest BCUT2D eigenvalue weighted by molar-refractivity contribution is -0.139. The number of hydrazone groups is 1. The third kappa shape index (κ3) is 1.05. The van der Waals surface area contributed by atoms with Gasteiger partial charge >= 0.3 is 5.91 Å². The van der Waals surface area contributed by atoms with Gasteiger partial charge in [0.25, 0.3) is 5.78 Å². The highest BCUT2D eigenvalue weighted by atomic mass is 16.2. The molecule has 0 atom stereocenters. The Morgan fingerprint density at radius 1 is 1.60 bits per heavy atom. The summed E-state index contributed by atoms with van der Waals surface area (Å²) in [6.45, 7) is 2.45. The van der Waals surface area contributed by atoms with Crippen molar-refractivity contribution in [2.45, 2.75) is 13.3 Å². The summed E-state index contributed by atoms with van der Waals surface area (Å²) in [5.41, 5.74) is 0. The third-order valence-electron chi connectivity index (χ3n) is 1.20. The summed E-state index contributed by atoms with van der Waals surface area (Å²) < 4.78 is 0. The molecule has 0 aromatic carbocycles. The second-order valence-electron chi connectivity index (χ2n) is 2.04. The molecule has 0 radical (unpaired) electrons. The Hall–Kier alpha value is -1.19. The highest BCUT2D eigenvalue weighted by Crippen LogP contribution is 1.99. The fourth-order valence-electron chi connectivity index (χ4n) is 0.728. The van der Waals surface area contributed by atoms with Crippen molar-refractivity contribution >= 4 is 17.9 Å². The maximum absolute atomic E-state index is 10.7. The molecular weight excluding hydrogens is 132 g/mol. The van der Waals surface area contributed by atoms with Crippen molar-refractivity contribution in [1.29, 1.82) is 0 Å². The first-order valence-corrected chi connectivity index (χ1v) is 3.15. The molecule has 1 aliphatic rings. The van der Waals surface area contributed by atoms with Gasteiger partial charge in [0.2, 0.25) is 0 Å². The van der Waals surface area contributed by atoms with E-state index in [-0.39, 0.29) is 0 Å². The molecule has 0 N–H and O–H groups in total. The number of carbonyl (C=O) groups is 2. The molecule has 0 bridgehead atoms. The van der Waals surface area contributed by atoms with Crippen LogP contribution in [0.3, 0.4) is 0 Å². The van der Waals surface area contributed by atoms with Crippen molar-refractivity contribution in [1.82, 2.24) is 5.01 Å². The molecule has 1 rings (SSSR count). The average Bonchev–Trinajstić information content (AvgIpc) is 2.20. The molecule has 1 aliphatic heterocycles. The zero-order valence-electron chi connectivity index (χ0n) is 5.70. The molecule has 54 valence electrons. The number of carbonyl (C=O) groups excluding carboxylic acids is 2. The standard InChI is InChI=1S/C6H8N2O2/c1-2-3-8-6(10)5(9)4-7-8/h4H,2-3H2,1H3. The molecule has 4 nitrogen and oxygen atoms in total. The first-order chi connectivity index (χ1) is 4.75. The number of nitrogens with zero attached hydrogens (tertiary/aromatic N) is 2. The maximum Gasteiger partial charge on any atom is 0.316 e. The van der Waals surface area contributed by atoms with Crippen LogP contribution in [0.5, 0.6) is 0 Å². The quantitative estimate of drug-likeness (QED) is 0.498. The topological polar surface area (TPSA) is 49.7 Å². The largest absolute Gasteiger partial charge is 0.316 e. The molecule has 1 amide bonds. The highest BCUT2D eigenvalue weighted by molar-refractivity contribution is 6.60. The minimum absolute atomic E-state index is 0.512.